The summed E-state index contributed by atoms with van der Waals surface area (Å²) < 4.78 is 5.50. The zero-order chi connectivity index (χ0) is 11.9. The Kier molecular flexibility index (Phi) is 2.38. The van der Waals surface area contributed by atoms with Crippen LogP contribution >= 0.6 is 0 Å². The van der Waals surface area contributed by atoms with Crippen LogP contribution in [0.15, 0.2) is 36.5 Å². The van der Waals surface area contributed by atoms with E-state index >= 15 is 0 Å². The minimum atomic E-state index is -0.886. The molecule has 0 amide bonds. The lowest BCUT2D eigenvalue weighted by Gasteiger charge is -2.27. The van der Waals surface area contributed by atoms with Gasteiger partial charge in [-0.25, -0.2) is 0 Å². The molecular weight excluding hydrogens is 214 g/mol. The van der Waals surface area contributed by atoms with Crippen molar-refractivity contribution in [1.29, 1.82) is 0 Å². The molecule has 0 radical (unpaired) electrons. The van der Waals surface area contributed by atoms with Gasteiger partial charge in [0.15, 0.2) is 0 Å². The molecule has 0 bridgehead atoms. The molecule has 1 N–H and O–H groups in total. The maximum atomic E-state index is 10.8. The maximum Gasteiger partial charge on any atom is 0.118 e. The van der Waals surface area contributed by atoms with Gasteiger partial charge in [-0.05, 0) is 24.6 Å². The number of nitrogens with zero attached hydrogens (tertiary/aromatic N) is 1. The Morgan fingerprint density at radius 1 is 1.35 bits per heavy atom. The molecule has 3 heteroatoms. The topological polar surface area (TPSA) is 42.4 Å². The zero-order valence-corrected chi connectivity index (χ0v) is 9.76. The molecule has 2 atom stereocenters. The largest absolute Gasteiger partial charge is 0.382 e. The van der Waals surface area contributed by atoms with Crippen LogP contribution in [0.2, 0.25) is 0 Å². The molecule has 3 rings (SSSR count). The van der Waals surface area contributed by atoms with Gasteiger partial charge in [0.25, 0.3) is 0 Å². The highest BCUT2D eigenvalue weighted by Gasteiger charge is 2.42. The van der Waals surface area contributed by atoms with E-state index in [0.29, 0.717) is 13.0 Å². The molecule has 2 heterocycles. The number of hydrogen-bond donors (Lipinski definition) is 1. The van der Waals surface area contributed by atoms with Crippen LogP contribution in [0.1, 0.15) is 18.9 Å². The van der Waals surface area contributed by atoms with Crippen molar-refractivity contribution in [2.24, 2.45) is 0 Å². The molecule has 1 aromatic heterocycles. The van der Waals surface area contributed by atoms with E-state index in [4.69, 9.17) is 4.74 Å². The van der Waals surface area contributed by atoms with Crippen molar-refractivity contribution in [2.45, 2.75) is 25.0 Å². The first kappa shape index (κ1) is 10.7. The molecular formula is C14H15NO2. The van der Waals surface area contributed by atoms with Crippen molar-refractivity contribution >= 4 is 10.9 Å². The predicted molar refractivity (Wildman–Crippen MR) is 65.7 cm³/mol. The summed E-state index contributed by atoms with van der Waals surface area (Å²) in [6.45, 7) is 2.52. The highest BCUT2D eigenvalue weighted by atomic mass is 16.5. The van der Waals surface area contributed by atoms with Gasteiger partial charge in [-0.3, -0.25) is 4.98 Å². The summed E-state index contributed by atoms with van der Waals surface area (Å²) in [4.78, 5) is 4.32. The summed E-state index contributed by atoms with van der Waals surface area (Å²) in [5.74, 6) is 0. The molecule has 2 aromatic rings. The third-order valence-electron chi connectivity index (χ3n) is 3.64. The Morgan fingerprint density at radius 2 is 2.24 bits per heavy atom. The van der Waals surface area contributed by atoms with Gasteiger partial charge >= 0.3 is 0 Å². The number of rotatable bonds is 1. The summed E-state index contributed by atoms with van der Waals surface area (Å²) in [7, 11) is 0. The maximum absolute atomic E-state index is 10.8. The molecule has 1 fully saturated rings. The van der Waals surface area contributed by atoms with Crippen LogP contribution in [0, 0.1) is 0 Å². The molecule has 1 aromatic carbocycles. The molecule has 1 aliphatic heterocycles. The van der Waals surface area contributed by atoms with Crippen molar-refractivity contribution in [3.05, 3.63) is 42.1 Å². The number of hydrogen-bond acceptors (Lipinski definition) is 3. The molecule has 1 aliphatic rings. The summed E-state index contributed by atoms with van der Waals surface area (Å²) >= 11 is 0. The second-order valence-electron chi connectivity index (χ2n) is 4.56. The molecule has 17 heavy (non-hydrogen) atoms. The van der Waals surface area contributed by atoms with E-state index in [2.05, 4.69) is 4.98 Å². The lowest BCUT2D eigenvalue weighted by Crippen LogP contribution is -2.33. The summed E-state index contributed by atoms with van der Waals surface area (Å²) in [6, 6.07) is 9.77. The summed E-state index contributed by atoms with van der Waals surface area (Å²) in [6.07, 6.45) is 2.24. The van der Waals surface area contributed by atoms with Gasteiger partial charge < -0.3 is 9.84 Å². The Labute approximate surface area is 100 Å². The van der Waals surface area contributed by atoms with Crippen LogP contribution in [0.4, 0.5) is 0 Å². The van der Waals surface area contributed by atoms with E-state index in [9.17, 15) is 5.11 Å². The minimum Gasteiger partial charge on any atom is -0.382 e. The molecule has 0 spiro atoms. The van der Waals surface area contributed by atoms with Gasteiger partial charge in [0.2, 0.25) is 0 Å². The van der Waals surface area contributed by atoms with E-state index < -0.39 is 5.60 Å². The fraction of sp³-hybridized carbons (Fsp3) is 0.357. The third kappa shape index (κ3) is 1.54. The number of fused-ring (bicyclic) bond motifs is 1. The quantitative estimate of drug-likeness (QED) is 0.815. The highest BCUT2D eigenvalue weighted by Crippen LogP contribution is 2.38. The normalized spacial score (nSPS) is 28.7. The highest BCUT2D eigenvalue weighted by molar-refractivity contribution is 5.83. The van der Waals surface area contributed by atoms with Crippen molar-refractivity contribution < 1.29 is 9.84 Å². The number of aliphatic hydroxyl groups is 1. The first-order valence-electron chi connectivity index (χ1n) is 5.90. The molecule has 0 aliphatic carbocycles. The van der Waals surface area contributed by atoms with E-state index in [1.54, 1.807) is 6.20 Å². The smallest absolute Gasteiger partial charge is 0.118 e. The van der Waals surface area contributed by atoms with E-state index in [1.165, 1.54) is 0 Å². The van der Waals surface area contributed by atoms with Crippen LogP contribution in [-0.4, -0.2) is 22.8 Å². The lowest BCUT2D eigenvalue weighted by atomic mass is 9.85. The van der Waals surface area contributed by atoms with Gasteiger partial charge in [0, 0.05) is 18.0 Å². The first-order chi connectivity index (χ1) is 8.22. The fourth-order valence-electron chi connectivity index (χ4n) is 2.57. The Balaban J connectivity index is 2.24. The van der Waals surface area contributed by atoms with Crippen molar-refractivity contribution in [2.75, 3.05) is 6.61 Å². The molecule has 0 saturated carbocycles. The standard InChI is InChI=1S/C14H15NO2/c1-10-14(16,7-9-17-10)12-5-2-6-13-11(12)4-3-8-15-13/h2-6,8,10,16H,7,9H2,1H3. The number of benzene rings is 1. The average Bonchev–Trinajstić information content (AvgIpc) is 2.70. The van der Waals surface area contributed by atoms with Crippen molar-refractivity contribution in [1.82, 2.24) is 4.98 Å². The average molecular weight is 229 g/mol. The molecule has 1 saturated heterocycles. The fourth-order valence-corrected chi connectivity index (χ4v) is 2.57. The van der Waals surface area contributed by atoms with E-state index in [-0.39, 0.29) is 6.10 Å². The monoisotopic (exact) mass is 229 g/mol. The van der Waals surface area contributed by atoms with Crippen LogP contribution in [0.25, 0.3) is 10.9 Å². The minimum absolute atomic E-state index is 0.173. The number of ether oxygens (including phenoxy) is 1. The van der Waals surface area contributed by atoms with E-state index in [0.717, 1.165) is 16.5 Å². The lowest BCUT2D eigenvalue weighted by molar-refractivity contribution is -0.0306. The second kappa shape index (κ2) is 3.79. The van der Waals surface area contributed by atoms with Gasteiger partial charge in [-0.2, -0.15) is 0 Å². The van der Waals surface area contributed by atoms with Gasteiger partial charge in [-0.1, -0.05) is 18.2 Å². The zero-order valence-electron chi connectivity index (χ0n) is 9.76. The Hall–Kier alpha value is -1.45. The van der Waals surface area contributed by atoms with Crippen LogP contribution in [0.3, 0.4) is 0 Å². The van der Waals surface area contributed by atoms with Crippen molar-refractivity contribution in [3.63, 3.8) is 0 Å². The Bertz CT molecular complexity index is 549. The molecule has 2 unspecified atom stereocenters. The predicted octanol–water partition coefficient (Wildman–Crippen LogP) is 2.23. The molecule has 88 valence electrons. The van der Waals surface area contributed by atoms with Gasteiger partial charge in [-0.15, -0.1) is 0 Å². The first-order valence-corrected chi connectivity index (χ1v) is 5.90. The van der Waals surface area contributed by atoms with Crippen molar-refractivity contribution in [3.8, 4) is 0 Å². The third-order valence-corrected chi connectivity index (χ3v) is 3.64. The molecule has 3 nitrogen and oxygen atoms in total. The summed E-state index contributed by atoms with van der Waals surface area (Å²) in [5, 5.41) is 11.8. The van der Waals surface area contributed by atoms with Crippen LogP contribution in [0.5, 0.6) is 0 Å². The second-order valence-corrected chi connectivity index (χ2v) is 4.56. The van der Waals surface area contributed by atoms with Crippen LogP contribution in [-0.2, 0) is 10.3 Å². The van der Waals surface area contributed by atoms with Gasteiger partial charge in [0.1, 0.15) is 5.60 Å². The van der Waals surface area contributed by atoms with Gasteiger partial charge in [0.05, 0.1) is 18.2 Å². The van der Waals surface area contributed by atoms with Crippen LogP contribution < -0.4 is 0 Å². The Morgan fingerprint density at radius 3 is 3.00 bits per heavy atom. The SMILES string of the molecule is CC1OCCC1(O)c1cccc2ncccc12. The van der Waals surface area contributed by atoms with E-state index in [1.807, 2.05) is 37.3 Å². The number of aromatic nitrogens is 1. The summed E-state index contributed by atoms with van der Waals surface area (Å²) in [5.41, 5.74) is 0.952. The number of pyridine rings is 1.